The van der Waals surface area contributed by atoms with E-state index >= 15 is 0 Å². The van der Waals surface area contributed by atoms with Crippen LogP contribution in [0.3, 0.4) is 0 Å². The second-order valence-corrected chi connectivity index (χ2v) is 5.42. The van der Waals surface area contributed by atoms with Crippen molar-refractivity contribution in [2.75, 3.05) is 25.1 Å². The zero-order chi connectivity index (χ0) is 18.5. The second-order valence-electron chi connectivity index (χ2n) is 5.42. The zero-order valence-electron chi connectivity index (χ0n) is 13.6. The van der Waals surface area contributed by atoms with Gasteiger partial charge in [-0.1, -0.05) is 0 Å². The maximum absolute atomic E-state index is 13.2. The summed E-state index contributed by atoms with van der Waals surface area (Å²) in [4.78, 5) is 22.2. The van der Waals surface area contributed by atoms with Crippen LogP contribution in [0.5, 0.6) is 17.2 Å². The van der Waals surface area contributed by atoms with Gasteiger partial charge in [0.05, 0.1) is 18.1 Å². The van der Waals surface area contributed by atoms with E-state index in [0.717, 1.165) is 24.6 Å². The summed E-state index contributed by atoms with van der Waals surface area (Å²) >= 11 is 0. The molecule has 2 aromatic rings. The minimum Gasteiger partial charge on any atom is -0.490 e. The molecule has 0 unspecified atom stereocenters. The molecule has 0 bridgehead atoms. The van der Waals surface area contributed by atoms with Gasteiger partial charge in [-0.2, -0.15) is 0 Å². The highest BCUT2D eigenvalue weighted by molar-refractivity contribution is 5.92. The maximum atomic E-state index is 13.2. The Kier molecular flexibility index (Phi) is 5.16. The molecule has 26 heavy (non-hydrogen) atoms. The number of hydrogen-bond donors (Lipinski definition) is 1. The molecule has 8 nitrogen and oxygen atoms in total. The fourth-order valence-electron chi connectivity index (χ4n) is 2.34. The highest BCUT2D eigenvalue weighted by Crippen LogP contribution is 2.32. The van der Waals surface area contributed by atoms with Crippen LogP contribution in [0.4, 0.5) is 15.8 Å². The lowest BCUT2D eigenvalue weighted by atomic mass is 10.2. The van der Waals surface area contributed by atoms with Crippen molar-refractivity contribution in [3.63, 3.8) is 0 Å². The molecule has 1 N–H and O–H groups in total. The van der Waals surface area contributed by atoms with E-state index in [4.69, 9.17) is 14.2 Å². The van der Waals surface area contributed by atoms with E-state index < -0.39 is 28.9 Å². The molecule has 2 aromatic carbocycles. The number of halogens is 1. The van der Waals surface area contributed by atoms with Crippen LogP contribution in [0.25, 0.3) is 0 Å². The second kappa shape index (κ2) is 7.68. The van der Waals surface area contributed by atoms with Crippen LogP contribution >= 0.6 is 0 Å². The topological polar surface area (TPSA) is 99.9 Å². The van der Waals surface area contributed by atoms with Crippen molar-refractivity contribution in [1.82, 2.24) is 0 Å². The van der Waals surface area contributed by atoms with E-state index in [0.29, 0.717) is 30.4 Å². The Morgan fingerprint density at radius 1 is 1.19 bits per heavy atom. The third kappa shape index (κ3) is 4.18. The molecule has 0 radical (unpaired) electrons. The van der Waals surface area contributed by atoms with Gasteiger partial charge in [0.2, 0.25) is 5.75 Å². The van der Waals surface area contributed by atoms with Gasteiger partial charge in [-0.05, 0) is 18.2 Å². The van der Waals surface area contributed by atoms with Gasteiger partial charge >= 0.3 is 5.69 Å². The van der Waals surface area contributed by atoms with Crippen LogP contribution in [-0.2, 0) is 4.79 Å². The summed E-state index contributed by atoms with van der Waals surface area (Å²) in [7, 11) is 0. The van der Waals surface area contributed by atoms with Gasteiger partial charge < -0.3 is 19.5 Å². The smallest absolute Gasteiger partial charge is 0.311 e. The first-order valence-electron chi connectivity index (χ1n) is 7.79. The summed E-state index contributed by atoms with van der Waals surface area (Å²) in [5, 5.41) is 13.5. The third-order valence-corrected chi connectivity index (χ3v) is 3.51. The number of nitrogens with zero attached hydrogens (tertiary/aromatic N) is 1. The first-order chi connectivity index (χ1) is 12.5. The lowest BCUT2D eigenvalue weighted by molar-refractivity contribution is -0.385. The first kappa shape index (κ1) is 17.5. The van der Waals surface area contributed by atoms with Crippen LogP contribution in [0.1, 0.15) is 6.42 Å². The molecular weight excluding hydrogens is 347 g/mol. The Morgan fingerprint density at radius 3 is 2.73 bits per heavy atom. The van der Waals surface area contributed by atoms with E-state index in [1.165, 1.54) is 0 Å². The van der Waals surface area contributed by atoms with E-state index in [-0.39, 0.29) is 5.75 Å². The minimum atomic E-state index is -0.712. The summed E-state index contributed by atoms with van der Waals surface area (Å²) in [5.41, 5.74) is 0.0337. The van der Waals surface area contributed by atoms with Crippen molar-refractivity contribution in [1.29, 1.82) is 0 Å². The lowest BCUT2D eigenvalue weighted by Gasteiger charge is -2.11. The Labute approximate surface area is 147 Å². The van der Waals surface area contributed by atoms with Crippen LogP contribution in [0.2, 0.25) is 0 Å². The molecular formula is C17H15FN2O6. The van der Waals surface area contributed by atoms with Crippen molar-refractivity contribution in [3.8, 4) is 17.2 Å². The predicted octanol–water partition coefficient (Wildman–Crippen LogP) is 2.91. The summed E-state index contributed by atoms with van der Waals surface area (Å²) in [6, 6.07) is 7.71. The number of hydrogen-bond acceptors (Lipinski definition) is 6. The normalized spacial score (nSPS) is 12.8. The number of rotatable bonds is 5. The zero-order valence-corrected chi connectivity index (χ0v) is 13.6. The Morgan fingerprint density at radius 2 is 1.96 bits per heavy atom. The molecule has 0 atom stereocenters. The number of amides is 1. The number of nitro benzene ring substituents is 1. The fraction of sp³-hybridized carbons (Fsp3) is 0.235. The SMILES string of the molecule is O=C(COc1cc(F)ccc1[N+](=O)[O-])Nc1ccc2c(c1)OCCCO2. The molecule has 0 aromatic heterocycles. The highest BCUT2D eigenvalue weighted by atomic mass is 19.1. The van der Waals surface area contributed by atoms with Crippen molar-refractivity contribution in [2.45, 2.75) is 6.42 Å². The van der Waals surface area contributed by atoms with Gasteiger partial charge in [0.25, 0.3) is 5.91 Å². The highest BCUT2D eigenvalue weighted by Gasteiger charge is 2.17. The van der Waals surface area contributed by atoms with Crippen molar-refractivity contribution in [3.05, 3.63) is 52.3 Å². The Balaban J connectivity index is 1.64. The number of fused-ring (bicyclic) bond motifs is 1. The number of anilines is 1. The fourth-order valence-corrected chi connectivity index (χ4v) is 2.34. The monoisotopic (exact) mass is 362 g/mol. The van der Waals surface area contributed by atoms with Crippen molar-refractivity contribution < 1.29 is 28.3 Å². The van der Waals surface area contributed by atoms with E-state index in [1.807, 2.05) is 0 Å². The summed E-state index contributed by atoms with van der Waals surface area (Å²) in [5.74, 6) is -0.468. The number of nitro groups is 1. The molecule has 3 rings (SSSR count). The van der Waals surface area contributed by atoms with Gasteiger partial charge in [0, 0.05) is 30.3 Å². The largest absolute Gasteiger partial charge is 0.490 e. The average molecular weight is 362 g/mol. The number of nitrogens with one attached hydrogen (secondary N) is 1. The third-order valence-electron chi connectivity index (χ3n) is 3.51. The van der Waals surface area contributed by atoms with Gasteiger partial charge in [-0.25, -0.2) is 4.39 Å². The van der Waals surface area contributed by atoms with Gasteiger partial charge in [-0.3, -0.25) is 14.9 Å². The number of benzene rings is 2. The molecule has 0 saturated heterocycles. The molecule has 1 amide bonds. The first-order valence-corrected chi connectivity index (χ1v) is 7.79. The predicted molar refractivity (Wildman–Crippen MR) is 89.2 cm³/mol. The Hall–Kier alpha value is -3.36. The van der Waals surface area contributed by atoms with E-state index in [9.17, 15) is 19.3 Å². The number of ether oxygens (including phenoxy) is 3. The average Bonchev–Trinajstić information content (AvgIpc) is 2.84. The summed E-state index contributed by atoms with van der Waals surface area (Å²) in [6.45, 7) is 0.550. The standard InChI is InChI=1S/C17H15FN2O6/c18-11-2-4-13(20(22)23)15(8-11)26-10-17(21)19-12-3-5-14-16(9-12)25-7-1-6-24-14/h2-5,8-9H,1,6-7,10H2,(H,19,21). The van der Waals surface area contributed by atoms with Crippen molar-refractivity contribution >= 4 is 17.3 Å². The minimum absolute atomic E-state index is 0.316. The molecule has 0 spiro atoms. The number of carbonyl (C=O) groups excluding carboxylic acids is 1. The molecule has 0 saturated carbocycles. The quantitative estimate of drug-likeness (QED) is 0.648. The summed E-state index contributed by atoms with van der Waals surface area (Å²) in [6.07, 6.45) is 0.761. The molecule has 1 aliphatic heterocycles. The van der Waals surface area contributed by atoms with Crippen LogP contribution in [0.15, 0.2) is 36.4 Å². The van der Waals surface area contributed by atoms with Gasteiger partial charge in [-0.15, -0.1) is 0 Å². The lowest BCUT2D eigenvalue weighted by Crippen LogP contribution is -2.20. The molecule has 0 aliphatic carbocycles. The van der Waals surface area contributed by atoms with Gasteiger partial charge in [0.1, 0.15) is 5.82 Å². The number of carbonyl (C=O) groups is 1. The van der Waals surface area contributed by atoms with E-state index in [2.05, 4.69) is 5.32 Å². The molecule has 1 heterocycles. The molecule has 9 heteroatoms. The van der Waals surface area contributed by atoms with Crippen LogP contribution in [-0.4, -0.2) is 30.7 Å². The van der Waals surface area contributed by atoms with Crippen molar-refractivity contribution in [2.24, 2.45) is 0 Å². The Bertz CT molecular complexity index is 842. The maximum Gasteiger partial charge on any atom is 0.311 e. The molecule has 0 fully saturated rings. The van der Waals surface area contributed by atoms with E-state index in [1.54, 1.807) is 18.2 Å². The van der Waals surface area contributed by atoms with Crippen LogP contribution < -0.4 is 19.5 Å². The summed E-state index contributed by atoms with van der Waals surface area (Å²) < 4.78 is 29.4. The molecule has 1 aliphatic rings. The van der Waals surface area contributed by atoms with Gasteiger partial charge in [0.15, 0.2) is 18.1 Å². The molecule has 136 valence electrons. The van der Waals surface area contributed by atoms with Crippen LogP contribution in [0, 0.1) is 15.9 Å².